The van der Waals surface area contributed by atoms with Crippen molar-refractivity contribution in [3.05, 3.63) is 62.4 Å². The molecule has 2 heterocycles. The number of aryl methyl sites for hydroxylation is 1. The van der Waals surface area contributed by atoms with Gasteiger partial charge in [-0.15, -0.1) is 11.3 Å². The number of aromatic nitrogens is 3. The van der Waals surface area contributed by atoms with Crippen LogP contribution in [-0.4, -0.2) is 35.0 Å². The van der Waals surface area contributed by atoms with Crippen LogP contribution in [-0.2, 0) is 36.2 Å². The smallest absolute Gasteiger partial charge is 0.224 e. The lowest BCUT2D eigenvalue weighted by molar-refractivity contribution is 0.0782. The SMILES string of the molecule is CC(C)(O)c1ncc(C(=O)c2ccn(-c3c4c(cc5c3CCC5CC(C)(C)[S@@+](N)[O-])CCC4)n2)s1. The lowest BCUT2D eigenvalue weighted by Crippen LogP contribution is -2.38. The maximum Gasteiger partial charge on any atom is 0.224 e. The number of aliphatic hydroxyl groups is 1. The number of rotatable bonds is 7. The third-order valence-electron chi connectivity index (χ3n) is 7.28. The summed E-state index contributed by atoms with van der Waals surface area (Å²) >= 11 is -0.187. The summed E-state index contributed by atoms with van der Waals surface area (Å²) in [7, 11) is 0. The second-order valence-corrected chi connectivity index (χ2v) is 13.6. The number of ketones is 1. The Kier molecular flexibility index (Phi) is 6.21. The van der Waals surface area contributed by atoms with E-state index in [1.165, 1.54) is 39.8 Å². The molecule has 0 saturated carbocycles. The third kappa shape index (κ3) is 4.49. The predicted octanol–water partition coefficient (Wildman–Crippen LogP) is 4.10. The average Bonchev–Trinajstić information content (AvgIpc) is 3.56. The van der Waals surface area contributed by atoms with E-state index in [-0.39, 0.29) is 5.78 Å². The van der Waals surface area contributed by atoms with Crippen LogP contribution in [0.25, 0.3) is 5.69 Å². The number of hydrogen-bond donors (Lipinski definition) is 2. The Labute approximate surface area is 213 Å². The minimum absolute atomic E-state index is 0.189. The summed E-state index contributed by atoms with van der Waals surface area (Å²) in [4.78, 5) is 17.8. The first kappa shape index (κ1) is 24.6. The number of carbonyl (C=O) groups is 1. The highest BCUT2D eigenvalue weighted by Gasteiger charge is 2.38. The van der Waals surface area contributed by atoms with Gasteiger partial charge in [0.2, 0.25) is 5.78 Å². The maximum absolute atomic E-state index is 13.1. The molecule has 0 bridgehead atoms. The number of fused-ring (bicyclic) bond motifs is 2. The van der Waals surface area contributed by atoms with Gasteiger partial charge in [0.05, 0.1) is 10.6 Å². The molecule has 0 amide bonds. The van der Waals surface area contributed by atoms with Crippen LogP contribution in [0.15, 0.2) is 24.5 Å². The molecular formula is C26H32N4O3S2. The number of benzene rings is 1. The first-order chi connectivity index (χ1) is 16.5. The number of carbonyl (C=O) groups excluding carboxylic acids is 1. The highest BCUT2D eigenvalue weighted by molar-refractivity contribution is 7.90. The summed E-state index contributed by atoms with van der Waals surface area (Å²) < 4.78 is 13.5. The second kappa shape index (κ2) is 8.81. The van der Waals surface area contributed by atoms with Crippen molar-refractivity contribution < 1.29 is 14.5 Å². The largest absolute Gasteiger partial charge is 0.598 e. The lowest BCUT2D eigenvalue weighted by Gasteiger charge is -2.28. The molecule has 2 aliphatic rings. The molecule has 186 valence electrons. The van der Waals surface area contributed by atoms with E-state index in [0.717, 1.165) is 44.2 Å². The van der Waals surface area contributed by atoms with Gasteiger partial charge in [-0.3, -0.25) is 4.79 Å². The molecule has 0 fully saturated rings. The molecule has 3 N–H and O–H groups in total. The fourth-order valence-corrected chi connectivity index (χ4v) is 6.65. The van der Waals surface area contributed by atoms with Crippen LogP contribution in [0.5, 0.6) is 0 Å². The van der Waals surface area contributed by atoms with Gasteiger partial charge in [-0.2, -0.15) is 10.2 Å². The minimum atomic E-state index is -1.39. The molecule has 2 aromatic heterocycles. The zero-order valence-corrected chi connectivity index (χ0v) is 22.3. The standard InChI is InChI=1S/C26H32N4O3S2/c1-25(2,35(27)33)13-16-8-9-18-19(16)12-15-6-5-7-17(15)22(18)30-11-10-20(29-30)23(31)21-14-28-24(34-21)26(3,4)32/h10-12,14,16,32H,5-9,13,27H2,1-4H3/t16?,35-/m0/s1. The molecule has 0 saturated heterocycles. The van der Waals surface area contributed by atoms with Gasteiger partial charge in [0, 0.05) is 30.2 Å². The average molecular weight is 513 g/mol. The van der Waals surface area contributed by atoms with Gasteiger partial charge in [0.1, 0.15) is 21.0 Å². The highest BCUT2D eigenvalue weighted by atomic mass is 32.2. The molecule has 1 unspecified atom stereocenters. The third-order valence-corrected chi connectivity index (χ3v) is 9.84. The summed E-state index contributed by atoms with van der Waals surface area (Å²) in [5.41, 5.74) is 5.70. The van der Waals surface area contributed by atoms with Crippen LogP contribution in [0, 0.1) is 0 Å². The van der Waals surface area contributed by atoms with Gasteiger partial charge in [-0.25, -0.2) is 9.67 Å². The van der Waals surface area contributed by atoms with Gasteiger partial charge >= 0.3 is 0 Å². The first-order valence-corrected chi connectivity index (χ1v) is 14.1. The van der Waals surface area contributed by atoms with Gasteiger partial charge in [0.15, 0.2) is 0 Å². The van der Waals surface area contributed by atoms with E-state index in [0.29, 0.717) is 21.5 Å². The van der Waals surface area contributed by atoms with E-state index in [2.05, 4.69) is 11.1 Å². The van der Waals surface area contributed by atoms with Crippen LogP contribution in [0.2, 0.25) is 0 Å². The molecule has 5 rings (SSSR count). The van der Waals surface area contributed by atoms with Crippen LogP contribution < -0.4 is 5.14 Å². The second-order valence-electron chi connectivity index (χ2n) is 10.8. The minimum Gasteiger partial charge on any atom is -0.598 e. The van der Waals surface area contributed by atoms with E-state index in [1.807, 2.05) is 24.7 Å². The van der Waals surface area contributed by atoms with Gasteiger partial charge in [-0.05, 0) is 94.0 Å². The van der Waals surface area contributed by atoms with Crippen LogP contribution in [0.3, 0.4) is 0 Å². The quantitative estimate of drug-likeness (QED) is 0.364. The van der Waals surface area contributed by atoms with Crippen molar-refractivity contribution in [3.8, 4) is 5.69 Å². The van der Waals surface area contributed by atoms with Crippen LogP contribution in [0.1, 0.15) is 95.5 Å². The monoisotopic (exact) mass is 512 g/mol. The van der Waals surface area contributed by atoms with Crippen molar-refractivity contribution in [1.29, 1.82) is 0 Å². The molecule has 3 aromatic rings. The van der Waals surface area contributed by atoms with E-state index in [1.54, 1.807) is 19.9 Å². The summed E-state index contributed by atoms with van der Waals surface area (Å²) in [5.74, 6) is 0.122. The number of nitrogens with zero attached hydrogens (tertiary/aromatic N) is 3. The van der Waals surface area contributed by atoms with Crippen molar-refractivity contribution in [1.82, 2.24) is 14.8 Å². The fourth-order valence-electron chi connectivity index (χ4n) is 5.41. The molecule has 2 aliphatic carbocycles. The van der Waals surface area contributed by atoms with Crippen LogP contribution >= 0.6 is 11.3 Å². The van der Waals surface area contributed by atoms with E-state index in [4.69, 9.17) is 10.2 Å². The Balaban J connectivity index is 1.51. The number of nitrogens with two attached hydrogens (primary N) is 1. The highest BCUT2D eigenvalue weighted by Crippen LogP contribution is 2.45. The Morgan fingerprint density at radius 2 is 2.06 bits per heavy atom. The van der Waals surface area contributed by atoms with Crippen molar-refractivity contribution >= 4 is 28.5 Å². The van der Waals surface area contributed by atoms with E-state index >= 15 is 0 Å². The molecule has 2 atom stereocenters. The molecule has 0 aliphatic heterocycles. The molecule has 9 heteroatoms. The summed E-state index contributed by atoms with van der Waals surface area (Å²) in [5, 5.41) is 21.2. The predicted molar refractivity (Wildman–Crippen MR) is 138 cm³/mol. The fraction of sp³-hybridized carbons (Fsp3) is 0.500. The van der Waals surface area contributed by atoms with E-state index in [9.17, 15) is 14.5 Å². The van der Waals surface area contributed by atoms with Gasteiger partial charge in [0.25, 0.3) is 0 Å². The Morgan fingerprint density at radius 1 is 1.29 bits per heavy atom. The zero-order valence-electron chi connectivity index (χ0n) is 20.6. The first-order valence-electron chi connectivity index (χ1n) is 12.1. The summed E-state index contributed by atoms with van der Waals surface area (Å²) in [6.07, 6.45) is 9.27. The lowest BCUT2D eigenvalue weighted by atomic mass is 9.89. The zero-order chi connectivity index (χ0) is 25.1. The van der Waals surface area contributed by atoms with Gasteiger partial charge < -0.3 is 9.66 Å². The summed E-state index contributed by atoms with van der Waals surface area (Å²) in [6.45, 7) is 7.27. The maximum atomic E-state index is 13.1. The van der Waals surface area contributed by atoms with Crippen molar-refractivity contribution in [2.24, 2.45) is 5.14 Å². The molecule has 0 spiro atoms. The number of thiazole rings is 1. The van der Waals surface area contributed by atoms with Crippen molar-refractivity contribution in [2.45, 2.75) is 82.5 Å². The molecule has 7 nitrogen and oxygen atoms in total. The van der Waals surface area contributed by atoms with Crippen molar-refractivity contribution in [2.75, 3.05) is 0 Å². The Bertz CT molecular complexity index is 1290. The normalized spacial score (nSPS) is 18.5. The molecular weight excluding hydrogens is 480 g/mol. The van der Waals surface area contributed by atoms with E-state index < -0.39 is 21.7 Å². The van der Waals surface area contributed by atoms with Gasteiger partial charge in [-0.1, -0.05) is 6.07 Å². The topological polar surface area (TPSA) is 117 Å². The summed E-state index contributed by atoms with van der Waals surface area (Å²) in [6, 6.07) is 4.12. The Hall–Kier alpha value is -2.04. The molecule has 1 aromatic carbocycles. The number of hydrogen-bond acceptors (Lipinski definition) is 7. The Morgan fingerprint density at radius 3 is 2.74 bits per heavy atom. The molecule has 0 radical (unpaired) electrons. The van der Waals surface area contributed by atoms with Crippen LogP contribution in [0.4, 0.5) is 0 Å². The molecule has 35 heavy (non-hydrogen) atoms. The van der Waals surface area contributed by atoms with Crippen molar-refractivity contribution in [3.63, 3.8) is 0 Å².